The van der Waals surface area contributed by atoms with Gasteiger partial charge in [-0.3, -0.25) is 23.7 Å². The second kappa shape index (κ2) is 12.4. The van der Waals surface area contributed by atoms with Crippen molar-refractivity contribution < 1.29 is 33.0 Å². The van der Waals surface area contributed by atoms with Crippen molar-refractivity contribution in [2.24, 2.45) is 0 Å². The van der Waals surface area contributed by atoms with E-state index in [9.17, 15) is 24.1 Å². The van der Waals surface area contributed by atoms with E-state index in [1.807, 2.05) is 6.92 Å². The summed E-state index contributed by atoms with van der Waals surface area (Å²) in [7, 11) is -4.22. The molecule has 1 aliphatic rings. The Morgan fingerprint density at radius 1 is 1.32 bits per heavy atom. The van der Waals surface area contributed by atoms with Crippen LogP contribution in [0, 0.1) is 0 Å². The van der Waals surface area contributed by atoms with Crippen LogP contribution in [0.2, 0.25) is 0 Å². The van der Waals surface area contributed by atoms with E-state index < -0.39 is 60.9 Å². The van der Waals surface area contributed by atoms with E-state index >= 15 is 0 Å². The number of para-hydroxylation sites is 1. The van der Waals surface area contributed by atoms with Gasteiger partial charge in [-0.2, -0.15) is 5.09 Å². The van der Waals surface area contributed by atoms with Gasteiger partial charge in [-0.05, 0) is 32.4 Å². The molecule has 6 atom stereocenters. The molecule has 0 amide bonds. The summed E-state index contributed by atoms with van der Waals surface area (Å²) in [5.41, 5.74) is -1.39. The number of halogens is 1. The summed E-state index contributed by atoms with van der Waals surface area (Å²) in [5.74, 6) is -0.436. The Morgan fingerprint density at radius 3 is 2.68 bits per heavy atom. The minimum absolute atomic E-state index is 0.206. The molecule has 37 heavy (non-hydrogen) atoms. The maximum absolute atomic E-state index is 13.7. The van der Waals surface area contributed by atoms with E-state index in [2.05, 4.69) is 10.1 Å². The highest BCUT2D eigenvalue weighted by Gasteiger charge is 2.54. The van der Waals surface area contributed by atoms with Gasteiger partial charge in [0.25, 0.3) is 5.56 Å². The molecule has 204 valence electrons. The lowest BCUT2D eigenvalue weighted by atomic mass is 10.0. The van der Waals surface area contributed by atoms with E-state index in [1.165, 1.54) is 20.0 Å². The number of hydrogen-bond acceptors (Lipinski definition) is 9. The average Bonchev–Trinajstić information content (AvgIpc) is 3.07. The second-order valence-electron chi connectivity index (χ2n) is 8.71. The fourth-order valence-electron chi connectivity index (χ4n) is 3.58. The molecule has 1 saturated heterocycles. The van der Waals surface area contributed by atoms with Crippen LogP contribution in [0.25, 0.3) is 0 Å². The topological polar surface area (TPSA) is 158 Å². The van der Waals surface area contributed by atoms with Crippen molar-refractivity contribution in [2.45, 2.75) is 63.0 Å². The van der Waals surface area contributed by atoms with Gasteiger partial charge in [0.05, 0.1) is 13.2 Å². The van der Waals surface area contributed by atoms with E-state index in [1.54, 1.807) is 30.3 Å². The summed E-state index contributed by atoms with van der Waals surface area (Å²) < 4.78 is 36.8. The Morgan fingerprint density at radius 2 is 2.03 bits per heavy atom. The number of rotatable bonds is 12. The molecule has 12 nitrogen and oxygen atoms in total. The zero-order valence-corrected chi connectivity index (χ0v) is 22.3. The van der Waals surface area contributed by atoms with Gasteiger partial charge in [0.15, 0.2) is 6.23 Å². The molecule has 3 rings (SSSR count). The zero-order chi connectivity index (χ0) is 27.2. The predicted octanol–water partition coefficient (Wildman–Crippen LogP) is 2.32. The third-order valence-corrected chi connectivity index (χ3v) is 7.70. The number of alkyl halides is 1. The number of nitrogens with one attached hydrogen (secondary N) is 2. The SMILES string of the molecule is CCCCOC(=O)C(C)NP(=O)(OCC1OC(n2ccc(=O)[nH]c2=O)C(C)(Cl)C1O)Oc1ccccc1. The lowest BCUT2D eigenvalue weighted by Crippen LogP contribution is -2.43. The van der Waals surface area contributed by atoms with Crippen LogP contribution < -0.4 is 20.9 Å². The lowest BCUT2D eigenvalue weighted by Gasteiger charge is -2.26. The van der Waals surface area contributed by atoms with Gasteiger partial charge in [-0.1, -0.05) is 31.5 Å². The molecule has 1 fully saturated rings. The van der Waals surface area contributed by atoms with Crippen LogP contribution in [-0.4, -0.2) is 57.0 Å². The molecule has 0 spiro atoms. The molecular formula is C23H31ClN3O9P. The van der Waals surface area contributed by atoms with Crippen molar-refractivity contribution in [3.05, 3.63) is 63.4 Å². The number of aliphatic hydroxyl groups excluding tert-OH is 1. The third kappa shape index (κ3) is 7.31. The van der Waals surface area contributed by atoms with Crippen LogP contribution in [0.5, 0.6) is 5.75 Å². The van der Waals surface area contributed by atoms with Crippen molar-refractivity contribution in [1.82, 2.24) is 14.6 Å². The third-order valence-electron chi connectivity index (χ3n) is 5.65. The number of aromatic nitrogens is 2. The summed E-state index contributed by atoms with van der Waals surface area (Å²) >= 11 is 6.53. The Hall–Kier alpha value is -2.47. The molecule has 0 radical (unpaired) electrons. The Balaban J connectivity index is 1.77. The Bertz CT molecular complexity index is 1220. The largest absolute Gasteiger partial charge is 0.465 e. The number of ether oxygens (including phenoxy) is 2. The quantitative estimate of drug-likeness (QED) is 0.152. The number of nitrogens with zero attached hydrogens (tertiary/aromatic N) is 1. The number of benzene rings is 1. The van der Waals surface area contributed by atoms with Crippen LogP contribution >= 0.6 is 19.3 Å². The van der Waals surface area contributed by atoms with Gasteiger partial charge in [0.1, 0.15) is 28.9 Å². The average molecular weight is 560 g/mol. The van der Waals surface area contributed by atoms with Crippen LogP contribution in [0.15, 0.2) is 52.2 Å². The maximum Gasteiger partial charge on any atom is 0.459 e. The number of H-pyrrole nitrogens is 1. The lowest BCUT2D eigenvalue weighted by molar-refractivity contribution is -0.145. The number of carbonyl (C=O) groups excluding carboxylic acids is 1. The van der Waals surface area contributed by atoms with E-state index in [0.29, 0.717) is 6.42 Å². The van der Waals surface area contributed by atoms with Gasteiger partial charge in [0, 0.05) is 12.3 Å². The Kier molecular flexibility index (Phi) is 9.74. The van der Waals surface area contributed by atoms with Gasteiger partial charge in [-0.25, -0.2) is 9.36 Å². The minimum atomic E-state index is -4.22. The van der Waals surface area contributed by atoms with Gasteiger partial charge >= 0.3 is 19.4 Å². The number of aromatic amines is 1. The zero-order valence-electron chi connectivity index (χ0n) is 20.7. The molecule has 0 aliphatic carbocycles. The van der Waals surface area contributed by atoms with Crippen molar-refractivity contribution in [1.29, 1.82) is 0 Å². The molecular weight excluding hydrogens is 529 g/mol. The standard InChI is InChI=1S/C23H31ClN3O9P/c1-4-5-13-33-20(30)15(2)26-37(32,36-16-9-7-6-8-10-16)34-14-17-19(29)23(3,24)21(35-17)27-12-11-18(28)25-22(27)31/h6-12,15,17,19,21,29H,4-5,13-14H2,1-3H3,(H,26,32)(H,25,28,31). The molecule has 1 aromatic heterocycles. The number of aliphatic hydroxyl groups is 1. The number of hydrogen-bond donors (Lipinski definition) is 3. The van der Waals surface area contributed by atoms with E-state index in [4.69, 9.17) is 30.1 Å². The Labute approximate surface area is 218 Å². The fraction of sp³-hybridized carbons (Fsp3) is 0.522. The van der Waals surface area contributed by atoms with Crippen LogP contribution in [-0.2, 0) is 23.4 Å². The van der Waals surface area contributed by atoms with Crippen LogP contribution in [0.3, 0.4) is 0 Å². The molecule has 14 heteroatoms. The van der Waals surface area contributed by atoms with E-state index in [-0.39, 0.29) is 12.4 Å². The molecule has 2 aromatic rings. The highest BCUT2D eigenvalue weighted by atomic mass is 35.5. The van der Waals surface area contributed by atoms with Gasteiger partial charge in [0.2, 0.25) is 0 Å². The first-order valence-corrected chi connectivity index (χ1v) is 13.7. The van der Waals surface area contributed by atoms with Crippen molar-refractivity contribution >= 4 is 25.3 Å². The highest BCUT2D eigenvalue weighted by Crippen LogP contribution is 2.48. The second-order valence-corrected chi connectivity index (χ2v) is 11.2. The van der Waals surface area contributed by atoms with Crippen molar-refractivity contribution in [3.63, 3.8) is 0 Å². The monoisotopic (exact) mass is 559 g/mol. The first kappa shape index (κ1) is 29.1. The summed E-state index contributed by atoms with van der Waals surface area (Å²) in [6, 6.07) is 8.24. The van der Waals surface area contributed by atoms with Crippen LogP contribution in [0.1, 0.15) is 39.8 Å². The summed E-state index contributed by atoms with van der Waals surface area (Å²) in [6.07, 6.45) is -0.993. The van der Waals surface area contributed by atoms with Gasteiger partial charge < -0.3 is 19.1 Å². The molecule has 0 saturated carbocycles. The molecule has 1 aromatic carbocycles. The van der Waals surface area contributed by atoms with Crippen molar-refractivity contribution in [3.8, 4) is 5.75 Å². The normalized spacial score (nSPS) is 25.8. The first-order valence-electron chi connectivity index (χ1n) is 11.7. The highest BCUT2D eigenvalue weighted by molar-refractivity contribution is 7.52. The van der Waals surface area contributed by atoms with E-state index in [0.717, 1.165) is 17.1 Å². The van der Waals surface area contributed by atoms with Gasteiger partial charge in [-0.15, -0.1) is 11.6 Å². The number of carbonyl (C=O) groups is 1. The molecule has 1 aliphatic heterocycles. The summed E-state index contributed by atoms with van der Waals surface area (Å²) in [5, 5.41) is 13.4. The molecule has 6 unspecified atom stereocenters. The fourth-order valence-corrected chi connectivity index (χ4v) is 5.38. The maximum atomic E-state index is 13.7. The molecule has 3 N–H and O–H groups in total. The minimum Gasteiger partial charge on any atom is -0.465 e. The first-order chi connectivity index (χ1) is 17.5. The summed E-state index contributed by atoms with van der Waals surface area (Å²) in [4.78, 5) is 36.6. The number of unbranched alkanes of at least 4 members (excludes halogenated alkanes) is 1. The molecule has 0 bridgehead atoms. The van der Waals surface area contributed by atoms with Crippen molar-refractivity contribution in [2.75, 3.05) is 13.2 Å². The number of esters is 1. The smallest absolute Gasteiger partial charge is 0.459 e. The summed E-state index contributed by atoms with van der Waals surface area (Å²) in [6.45, 7) is 4.59. The van der Waals surface area contributed by atoms with Crippen LogP contribution in [0.4, 0.5) is 0 Å². The molecule has 2 heterocycles. The predicted molar refractivity (Wildman–Crippen MR) is 135 cm³/mol.